The van der Waals surface area contributed by atoms with Crippen molar-refractivity contribution < 1.29 is 13.9 Å². The summed E-state index contributed by atoms with van der Waals surface area (Å²) in [5, 5.41) is 3.17. The van der Waals surface area contributed by atoms with Gasteiger partial charge >= 0.3 is 5.97 Å². The van der Waals surface area contributed by atoms with Crippen LogP contribution >= 0.6 is 0 Å². The molecule has 0 aliphatic rings. The van der Waals surface area contributed by atoms with Crippen LogP contribution in [0.1, 0.15) is 37.0 Å². The van der Waals surface area contributed by atoms with Crippen molar-refractivity contribution in [3.63, 3.8) is 0 Å². The van der Waals surface area contributed by atoms with Crippen molar-refractivity contribution in [1.82, 2.24) is 0 Å². The molecule has 3 nitrogen and oxygen atoms in total. The molecular weight excluding hydrogens is 233 g/mol. The van der Waals surface area contributed by atoms with E-state index in [1.165, 1.54) is 19.2 Å². The lowest BCUT2D eigenvalue weighted by Crippen LogP contribution is -2.14. The van der Waals surface area contributed by atoms with Gasteiger partial charge in [0.05, 0.1) is 12.7 Å². The van der Waals surface area contributed by atoms with Crippen molar-refractivity contribution in [2.24, 2.45) is 5.92 Å². The third-order valence-corrected chi connectivity index (χ3v) is 2.81. The molecule has 0 fully saturated rings. The lowest BCUT2D eigenvalue weighted by molar-refractivity contribution is 0.0601. The van der Waals surface area contributed by atoms with Crippen LogP contribution in [0.3, 0.4) is 0 Å². The van der Waals surface area contributed by atoms with Crippen LogP contribution in [0.2, 0.25) is 0 Å². The van der Waals surface area contributed by atoms with Gasteiger partial charge in [-0.3, -0.25) is 0 Å². The van der Waals surface area contributed by atoms with Crippen LogP contribution < -0.4 is 5.32 Å². The SMILES string of the molecule is CCCC(C)CNc1ccc(F)cc1C(=O)OC. The fourth-order valence-corrected chi connectivity index (χ4v) is 1.83. The van der Waals surface area contributed by atoms with Gasteiger partial charge in [-0.1, -0.05) is 20.3 Å². The van der Waals surface area contributed by atoms with Crippen molar-refractivity contribution in [2.75, 3.05) is 19.0 Å². The Labute approximate surface area is 107 Å². The number of carbonyl (C=O) groups is 1. The molecule has 1 atom stereocenters. The van der Waals surface area contributed by atoms with E-state index >= 15 is 0 Å². The molecule has 0 aliphatic heterocycles. The van der Waals surface area contributed by atoms with Gasteiger partial charge in [0.2, 0.25) is 0 Å². The summed E-state index contributed by atoms with van der Waals surface area (Å²) in [6, 6.07) is 4.10. The third-order valence-electron chi connectivity index (χ3n) is 2.81. The zero-order valence-corrected chi connectivity index (χ0v) is 11.1. The predicted octanol–water partition coefficient (Wildman–Crippen LogP) is 3.46. The van der Waals surface area contributed by atoms with E-state index in [-0.39, 0.29) is 5.56 Å². The average molecular weight is 253 g/mol. The Bertz CT molecular complexity index is 407. The van der Waals surface area contributed by atoms with Gasteiger partial charge in [-0.2, -0.15) is 0 Å². The van der Waals surface area contributed by atoms with Crippen LogP contribution in [-0.2, 0) is 4.74 Å². The fourth-order valence-electron chi connectivity index (χ4n) is 1.83. The second kappa shape index (κ2) is 6.99. The van der Waals surface area contributed by atoms with Gasteiger partial charge in [0.1, 0.15) is 5.82 Å². The maximum Gasteiger partial charge on any atom is 0.340 e. The van der Waals surface area contributed by atoms with Crippen LogP contribution in [0.4, 0.5) is 10.1 Å². The van der Waals surface area contributed by atoms with Crippen molar-refractivity contribution in [1.29, 1.82) is 0 Å². The van der Waals surface area contributed by atoms with E-state index in [4.69, 9.17) is 0 Å². The molecule has 18 heavy (non-hydrogen) atoms. The second-order valence-corrected chi connectivity index (χ2v) is 4.46. The largest absolute Gasteiger partial charge is 0.465 e. The molecule has 0 amide bonds. The van der Waals surface area contributed by atoms with E-state index in [0.717, 1.165) is 19.4 Å². The van der Waals surface area contributed by atoms with Gasteiger partial charge in [-0.05, 0) is 30.5 Å². The van der Waals surface area contributed by atoms with Crippen molar-refractivity contribution in [2.45, 2.75) is 26.7 Å². The van der Waals surface area contributed by atoms with Crippen LogP contribution in [-0.4, -0.2) is 19.6 Å². The van der Waals surface area contributed by atoms with Gasteiger partial charge in [-0.25, -0.2) is 9.18 Å². The third kappa shape index (κ3) is 4.02. The number of carbonyl (C=O) groups excluding carboxylic acids is 1. The zero-order chi connectivity index (χ0) is 13.5. The molecule has 1 aromatic carbocycles. The molecule has 0 heterocycles. The molecule has 4 heteroatoms. The molecule has 1 unspecified atom stereocenters. The molecule has 1 N–H and O–H groups in total. The first-order chi connectivity index (χ1) is 8.58. The summed E-state index contributed by atoms with van der Waals surface area (Å²) in [6.45, 7) is 5.02. The molecule has 100 valence electrons. The summed E-state index contributed by atoms with van der Waals surface area (Å²) in [4.78, 5) is 11.5. The minimum absolute atomic E-state index is 0.237. The standard InChI is InChI=1S/C14H20FNO2/c1-4-5-10(2)9-16-13-7-6-11(15)8-12(13)14(17)18-3/h6-8,10,16H,4-5,9H2,1-3H3. The Hall–Kier alpha value is -1.58. The Morgan fingerprint density at radius 2 is 2.22 bits per heavy atom. The monoisotopic (exact) mass is 253 g/mol. The highest BCUT2D eigenvalue weighted by atomic mass is 19.1. The highest BCUT2D eigenvalue weighted by Gasteiger charge is 2.13. The maximum atomic E-state index is 13.1. The number of ether oxygens (including phenoxy) is 1. The first-order valence-electron chi connectivity index (χ1n) is 6.20. The second-order valence-electron chi connectivity index (χ2n) is 4.46. The summed E-state index contributed by atoms with van der Waals surface area (Å²) in [7, 11) is 1.29. The number of nitrogens with one attached hydrogen (secondary N) is 1. The smallest absolute Gasteiger partial charge is 0.340 e. The summed E-state index contributed by atoms with van der Waals surface area (Å²) < 4.78 is 17.8. The van der Waals surface area contributed by atoms with Gasteiger partial charge in [0.15, 0.2) is 0 Å². The van der Waals surface area contributed by atoms with Gasteiger partial charge in [-0.15, -0.1) is 0 Å². The predicted molar refractivity (Wildman–Crippen MR) is 70.3 cm³/mol. The maximum absolute atomic E-state index is 13.1. The highest BCUT2D eigenvalue weighted by molar-refractivity contribution is 5.95. The molecule has 0 aromatic heterocycles. The zero-order valence-electron chi connectivity index (χ0n) is 11.1. The summed E-state index contributed by atoms with van der Waals surface area (Å²) >= 11 is 0. The number of halogens is 1. The Morgan fingerprint density at radius 1 is 1.50 bits per heavy atom. The van der Waals surface area contributed by atoms with E-state index in [2.05, 4.69) is 23.9 Å². The first kappa shape index (κ1) is 14.5. The van der Waals surface area contributed by atoms with Crippen LogP contribution in [0, 0.1) is 11.7 Å². The Morgan fingerprint density at radius 3 is 2.83 bits per heavy atom. The highest BCUT2D eigenvalue weighted by Crippen LogP contribution is 2.19. The van der Waals surface area contributed by atoms with Crippen molar-refractivity contribution in [3.8, 4) is 0 Å². The fraction of sp³-hybridized carbons (Fsp3) is 0.500. The minimum atomic E-state index is -0.528. The number of methoxy groups -OCH3 is 1. The van der Waals surface area contributed by atoms with E-state index in [1.54, 1.807) is 6.07 Å². The number of benzene rings is 1. The summed E-state index contributed by atoms with van der Waals surface area (Å²) in [6.07, 6.45) is 2.23. The number of anilines is 1. The minimum Gasteiger partial charge on any atom is -0.465 e. The molecule has 1 aromatic rings. The molecule has 1 rings (SSSR count). The number of esters is 1. The summed E-state index contributed by atoms with van der Waals surface area (Å²) in [5.41, 5.74) is 0.854. The summed E-state index contributed by atoms with van der Waals surface area (Å²) in [5.74, 6) is -0.465. The van der Waals surface area contributed by atoms with Crippen molar-refractivity contribution >= 4 is 11.7 Å². The lowest BCUT2D eigenvalue weighted by Gasteiger charge is -2.14. The van der Waals surface area contributed by atoms with E-state index < -0.39 is 11.8 Å². The molecule has 0 spiro atoms. The Balaban J connectivity index is 2.78. The van der Waals surface area contributed by atoms with Crippen LogP contribution in [0.15, 0.2) is 18.2 Å². The number of rotatable bonds is 6. The van der Waals surface area contributed by atoms with Gasteiger partial charge < -0.3 is 10.1 Å². The molecule has 0 bridgehead atoms. The van der Waals surface area contributed by atoms with Crippen LogP contribution in [0.5, 0.6) is 0 Å². The molecule has 0 radical (unpaired) electrons. The number of hydrogen-bond acceptors (Lipinski definition) is 3. The van der Waals surface area contributed by atoms with Crippen LogP contribution in [0.25, 0.3) is 0 Å². The molecule has 0 saturated carbocycles. The van der Waals surface area contributed by atoms with Crippen molar-refractivity contribution in [3.05, 3.63) is 29.6 Å². The average Bonchev–Trinajstić information content (AvgIpc) is 2.36. The van der Waals surface area contributed by atoms with Gasteiger partial charge in [0, 0.05) is 12.2 Å². The van der Waals surface area contributed by atoms with E-state index in [0.29, 0.717) is 11.6 Å². The van der Waals surface area contributed by atoms with E-state index in [1.807, 2.05) is 0 Å². The quantitative estimate of drug-likeness (QED) is 0.789. The first-order valence-corrected chi connectivity index (χ1v) is 6.20. The van der Waals surface area contributed by atoms with Gasteiger partial charge in [0.25, 0.3) is 0 Å². The normalized spacial score (nSPS) is 12.0. The molecule has 0 aliphatic carbocycles. The molecule has 0 saturated heterocycles. The van der Waals surface area contributed by atoms with E-state index in [9.17, 15) is 9.18 Å². The molecular formula is C14H20FNO2. The lowest BCUT2D eigenvalue weighted by atomic mass is 10.1. The Kier molecular flexibility index (Phi) is 5.62. The topological polar surface area (TPSA) is 38.3 Å². The number of hydrogen-bond donors (Lipinski definition) is 1.